The Hall–Kier alpha value is -2.28. The Morgan fingerprint density at radius 1 is 1.26 bits per heavy atom. The number of benzene rings is 1. The molecule has 1 aliphatic carbocycles. The smallest absolute Gasteiger partial charge is 0.331 e. The third-order valence-corrected chi connectivity index (χ3v) is 4.48. The number of carbonyl (C=O) groups is 1. The largest absolute Gasteiger partial charge is 0.461 e. The number of carbonyl (C=O) groups excluding carboxylic acids is 1. The number of nitrogens with zero attached hydrogens (tertiary/aromatic N) is 4. The highest BCUT2D eigenvalue weighted by molar-refractivity contribution is 5.83. The molecular formula is C20H29N5O2. The summed E-state index contributed by atoms with van der Waals surface area (Å²) in [4.78, 5) is 14.5. The maximum absolute atomic E-state index is 12.8. The van der Waals surface area contributed by atoms with Crippen LogP contribution in [0.1, 0.15) is 65.5 Å². The standard InChI is InChI=1S/C20H29N5O2/c1-13(2)27-18(26)20(21,12-19(3,4)5)15-8-6-14(7-9-15)17-22-24-25(23-17)16-10-11-16/h6-9,13,16H,10-12,21H2,1-5H3. The summed E-state index contributed by atoms with van der Waals surface area (Å²) in [6, 6.07) is 7.88. The molecule has 27 heavy (non-hydrogen) atoms. The number of tetrazole rings is 1. The molecule has 1 aliphatic rings. The molecule has 0 amide bonds. The van der Waals surface area contributed by atoms with Gasteiger partial charge in [0.15, 0.2) is 0 Å². The highest BCUT2D eigenvalue weighted by Crippen LogP contribution is 2.36. The predicted octanol–water partition coefficient (Wildman–Crippen LogP) is 3.22. The minimum Gasteiger partial charge on any atom is -0.461 e. The number of hydrogen-bond acceptors (Lipinski definition) is 6. The first kappa shape index (κ1) is 19.5. The summed E-state index contributed by atoms with van der Waals surface area (Å²) in [5, 5.41) is 12.7. The van der Waals surface area contributed by atoms with Gasteiger partial charge in [0.1, 0.15) is 5.54 Å². The van der Waals surface area contributed by atoms with Crippen LogP contribution in [0.5, 0.6) is 0 Å². The van der Waals surface area contributed by atoms with Crippen molar-refractivity contribution in [1.82, 2.24) is 20.2 Å². The fourth-order valence-electron chi connectivity index (χ4n) is 3.17. The first-order chi connectivity index (χ1) is 12.6. The van der Waals surface area contributed by atoms with E-state index in [9.17, 15) is 4.79 Å². The second-order valence-electron chi connectivity index (χ2n) is 8.90. The molecular weight excluding hydrogens is 342 g/mol. The average molecular weight is 371 g/mol. The summed E-state index contributed by atoms with van der Waals surface area (Å²) in [5.74, 6) is 0.176. The van der Waals surface area contributed by atoms with Crippen molar-refractivity contribution in [3.63, 3.8) is 0 Å². The van der Waals surface area contributed by atoms with Crippen LogP contribution in [0.3, 0.4) is 0 Å². The van der Waals surface area contributed by atoms with E-state index in [1.165, 1.54) is 0 Å². The van der Waals surface area contributed by atoms with E-state index in [-0.39, 0.29) is 11.5 Å². The van der Waals surface area contributed by atoms with Crippen molar-refractivity contribution in [3.05, 3.63) is 29.8 Å². The molecule has 0 saturated heterocycles. The van der Waals surface area contributed by atoms with Gasteiger partial charge in [-0.05, 0) is 49.3 Å². The maximum atomic E-state index is 12.8. The predicted molar refractivity (Wildman–Crippen MR) is 103 cm³/mol. The third kappa shape index (κ3) is 4.53. The third-order valence-electron chi connectivity index (χ3n) is 4.48. The summed E-state index contributed by atoms with van der Waals surface area (Å²) < 4.78 is 5.47. The summed E-state index contributed by atoms with van der Waals surface area (Å²) >= 11 is 0. The molecule has 1 heterocycles. The van der Waals surface area contributed by atoms with Crippen molar-refractivity contribution in [2.75, 3.05) is 0 Å². The molecule has 146 valence electrons. The SMILES string of the molecule is CC(C)OC(=O)C(N)(CC(C)(C)C)c1ccc(-c2nnn(C3CC3)n2)cc1. The molecule has 1 unspecified atom stereocenters. The molecule has 1 saturated carbocycles. The average Bonchev–Trinajstić information content (AvgIpc) is 3.30. The van der Waals surface area contributed by atoms with Crippen LogP contribution in [0.15, 0.2) is 24.3 Å². The maximum Gasteiger partial charge on any atom is 0.331 e. The van der Waals surface area contributed by atoms with Crippen molar-refractivity contribution in [2.24, 2.45) is 11.1 Å². The summed E-state index contributed by atoms with van der Waals surface area (Å²) in [6.07, 6.45) is 2.46. The first-order valence-electron chi connectivity index (χ1n) is 9.49. The Balaban J connectivity index is 1.88. The fraction of sp³-hybridized carbons (Fsp3) is 0.600. The van der Waals surface area contributed by atoms with Gasteiger partial charge in [-0.1, -0.05) is 45.0 Å². The van der Waals surface area contributed by atoms with Crippen LogP contribution >= 0.6 is 0 Å². The zero-order valence-corrected chi connectivity index (χ0v) is 16.8. The van der Waals surface area contributed by atoms with E-state index in [2.05, 4.69) is 36.2 Å². The van der Waals surface area contributed by atoms with Gasteiger partial charge in [0.25, 0.3) is 0 Å². The number of rotatable bonds is 6. The lowest BCUT2D eigenvalue weighted by atomic mass is 9.76. The summed E-state index contributed by atoms with van der Waals surface area (Å²) in [5.41, 5.74) is 6.84. The second-order valence-corrected chi connectivity index (χ2v) is 8.90. The highest BCUT2D eigenvalue weighted by atomic mass is 16.5. The molecule has 0 aliphatic heterocycles. The molecule has 0 spiro atoms. The highest BCUT2D eigenvalue weighted by Gasteiger charge is 2.41. The van der Waals surface area contributed by atoms with Gasteiger partial charge in [0, 0.05) is 5.56 Å². The van der Waals surface area contributed by atoms with Crippen molar-refractivity contribution in [1.29, 1.82) is 0 Å². The van der Waals surface area contributed by atoms with Crippen molar-refractivity contribution in [3.8, 4) is 11.4 Å². The van der Waals surface area contributed by atoms with Crippen LogP contribution in [0.4, 0.5) is 0 Å². The molecule has 2 aromatic rings. The summed E-state index contributed by atoms with van der Waals surface area (Å²) in [6.45, 7) is 9.84. The van der Waals surface area contributed by atoms with Gasteiger partial charge in [-0.15, -0.1) is 10.2 Å². The number of ether oxygens (including phenoxy) is 1. The monoisotopic (exact) mass is 371 g/mol. The Labute approximate surface area is 160 Å². The van der Waals surface area contributed by atoms with E-state index in [0.29, 0.717) is 18.3 Å². The van der Waals surface area contributed by atoms with Gasteiger partial charge in [-0.25, -0.2) is 4.79 Å². The van der Waals surface area contributed by atoms with Crippen molar-refractivity contribution < 1.29 is 9.53 Å². The van der Waals surface area contributed by atoms with E-state index in [0.717, 1.165) is 24.0 Å². The lowest BCUT2D eigenvalue weighted by Gasteiger charge is -2.34. The van der Waals surface area contributed by atoms with Gasteiger partial charge in [-0.3, -0.25) is 0 Å². The molecule has 1 aromatic carbocycles. The molecule has 1 atom stereocenters. The van der Waals surface area contributed by atoms with Crippen LogP contribution in [0.2, 0.25) is 0 Å². The van der Waals surface area contributed by atoms with Crippen molar-refractivity contribution >= 4 is 5.97 Å². The normalized spacial score (nSPS) is 17.0. The zero-order valence-electron chi connectivity index (χ0n) is 16.8. The quantitative estimate of drug-likeness (QED) is 0.783. The Bertz CT molecular complexity index is 803. The van der Waals surface area contributed by atoms with E-state index >= 15 is 0 Å². The molecule has 1 fully saturated rings. The minimum absolute atomic E-state index is 0.141. The number of esters is 1. The molecule has 1 aromatic heterocycles. The van der Waals surface area contributed by atoms with Gasteiger partial charge in [-0.2, -0.15) is 4.80 Å². The van der Waals surface area contributed by atoms with Crippen LogP contribution in [-0.2, 0) is 15.1 Å². The van der Waals surface area contributed by atoms with E-state index in [1.54, 1.807) is 4.80 Å². The lowest BCUT2D eigenvalue weighted by Crippen LogP contribution is -2.49. The van der Waals surface area contributed by atoms with Gasteiger partial charge in [0.2, 0.25) is 5.82 Å². The van der Waals surface area contributed by atoms with Crippen LogP contribution in [0, 0.1) is 5.41 Å². The van der Waals surface area contributed by atoms with E-state index in [4.69, 9.17) is 10.5 Å². The first-order valence-corrected chi connectivity index (χ1v) is 9.49. The van der Waals surface area contributed by atoms with E-state index in [1.807, 2.05) is 38.1 Å². The number of aromatic nitrogens is 4. The van der Waals surface area contributed by atoms with Crippen LogP contribution in [-0.4, -0.2) is 32.3 Å². The van der Waals surface area contributed by atoms with Gasteiger partial charge in [0.05, 0.1) is 12.1 Å². The summed E-state index contributed by atoms with van der Waals surface area (Å²) in [7, 11) is 0. The van der Waals surface area contributed by atoms with Crippen LogP contribution < -0.4 is 5.73 Å². The van der Waals surface area contributed by atoms with E-state index < -0.39 is 11.5 Å². The minimum atomic E-state index is -1.21. The molecule has 0 radical (unpaired) electrons. The molecule has 0 bridgehead atoms. The lowest BCUT2D eigenvalue weighted by molar-refractivity contribution is -0.156. The van der Waals surface area contributed by atoms with Gasteiger partial charge >= 0.3 is 5.97 Å². The Morgan fingerprint density at radius 2 is 1.89 bits per heavy atom. The van der Waals surface area contributed by atoms with Crippen molar-refractivity contribution in [2.45, 2.75) is 71.6 Å². The topological polar surface area (TPSA) is 95.9 Å². The number of nitrogens with two attached hydrogens (primary N) is 1. The van der Waals surface area contributed by atoms with Crippen LogP contribution in [0.25, 0.3) is 11.4 Å². The Morgan fingerprint density at radius 3 is 2.41 bits per heavy atom. The fourth-order valence-corrected chi connectivity index (χ4v) is 3.17. The second kappa shape index (κ2) is 7.03. The zero-order chi connectivity index (χ0) is 19.8. The van der Waals surface area contributed by atoms with Gasteiger partial charge < -0.3 is 10.5 Å². The number of hydrogen-bond donors (Lipinski definition) is 1. The molecule has 3 rings (SSSR count). The Kier molecular flexibility index (Phi) is 5.08. The molecule has 7 heteroatoms. The molecule has 7 nitrogen and oxygen atoms in total. The molecule has 2 N–H and O–H groups in total.